The van der Waals surface area contributed by atoms with Crippen molar-refractivity contribution in [2.45, 2.75) is 11.8 Å². The largest absolute Gasteiger partial charge is 0.478 e. The third-order valence-corrected chi connectivity index (χ3v) is 4.59. The summed E-state index contributed by atoms with van der Waals surface area (Å²) in [7, 11) is -2.52. The molecule has 0 unspecified atom stereocenters. The predicted octanol–water partition coefficient (Wildman–Crippen LogP) is 0.624. The number of nitrogen functional groups attached to an aromatic ring is 1. The first-order valence-electron chi connectivity index (χ1n) is 5.97. The molecule has 0 fully saturated rings. The van der Waals surface area contributed by atoms with Crippen LogP contribution < -0.4 is 5.73 Å². The Balaban J connectivity index is 3.12. The molecule has 7 nitrogen and oxygen atoms in total. The number of likely N-dealkylation sites (N-methyl/N-ethyl adjacent to an activating group) is 1. The lowest BCUT2D eigenvalue weighted by atomic mass is 10.2. The topological polar surface area (TPSA) is 110 Å². The summed E-state index contributed by atoms with van der Waals surface area (Å²) in [4.78, 5) is 10.9. The highest BCUT2D eigenvalue weighted by molar-refractivity contribution is 7.89. The van der Waals surface area contributed by atoms with E-state index >= 15 is 0 Å². The Morgan fingerprint density at radius 1 is 1.45 bits per heavy atom. The number of sulfonamides is 1. The number of hydrogen-bond donors (Lipinski definition) is 2. The number of carbonyl (C=O) groups is 1. The van der Waals surface area contributed by atoms with Crippen molar-refractivity contribution >= 4 is 21.7 Å². The van der Waals surface area contributed by atoms with E-state index in [9.17, 15) is 13.2 Å². The second-order valence-electron chi connectivity index (χ2n) is 4.08. The quantitative estimate of drug-likeness (QED) is 0.564. The minimum absolute atomic E-state index is 0.139. The number of anilines is 1. The summed E-state index contributed by atoms with van der Waals surface area (Å²) in [6.45, 7) is 2.66. The maximum Gasteiger partial charge on any atom is 0.337 e. The lowest BCUT2D eigenvalue weighted by Crippen LogP contribution is -2.31. The second kappa shape index (κ2) is 6.69. The lowest BCUT2D eigenvalue weighted by molar-refractivity contribution is 0.0692. The van der Waals surface area contributed by atoms with Gasteiger partial charge in [-0.3, -0.25) is 0 Å². The standard InChI is InChI=1S/C12H18N2O5S/c1-3-19-7-6-14(2)20(17,18)11-5-4-9(13)8-10(11)12(15)16/h4-5,8H,3,6-7,13H2,1-2H3,(H,15,16). The van der Waals surface area contributed by atoms with E-state index in [1.165, 1.54) is 19.2 Å². The molecule has 0 spiro atoms. The van der Waals surface area contributed by atoms with Crippen LogP contribution in [0.25, 0.3) is 0 Å². The molecule has 0 aliphatic heterocycles. The molecule has 0 heterocycles. The van der Waals surface area contributed by atoms with Gasteiger partial charge in [0.2, 0.25) is 10.0 Å². The summed E-state index contributed by atoms with van der Waals surface area (Å²) in [6.07, 6.45) is 0. The maximum absolute atomic E-state index is 12.3. The number of nitrogens with zero attached hydrogens (tertiary/aromatic N) is 1. The van der Waals surface area contributed by atoms with Crippen molar-refractivity contribution in [2.75, 3.05) is 32.5 Å². The fourth-order valence-electron chi connectivity index (χ4n) is 1.57. The van der Waals surface area contributed by atoms with Gasteiger partial charge >= 0.3 is 5.97 Å². The van der Waals surface area contributed by atoms with E-state index in [-0.39, 0.29) is 29.3 Å². The average molecular weight is 302 g/mol. The van der Waals surface area contributed by atoms with Crippen LogP contribution >= 0.6 is 0 Å². The number of rotatable bonds is 7. The molecule has 0 bridgehead atoms. The van der Waals surface area contributed by atoms with Gasteiger partial charge in [-0.15, -0.1) is 0 Å². The number of hydrogen-bond acceptors (Lipinski definition) is 5. The summed E-state index contributed by atoms with van der Waals surface area (Å²) < 4.78 is 30.8. The van der Waals surface area contributed by atoms with Crippen molar-refractivity contribution in [3.63, 3.8) is 0 Å². The normalized spacial score (nSPS) is 11.8. The van der Waals surface area contributed by atoms with Gasteiger partial charge in [0, 0.05) is 25.9 Å². The molecule has 1 aromatic carbocycles. The first-order chi connectivity index (χ1) is 9.30. The molecule has 0 radical (unpaired) electrons. The Bertz CT molecular complexity index is 586. The molecule has 0 atom stereocenters. The molecular weight excluding hydrogens is 284 g/mol. The van der Waals surface area contributed by atoms with Crippen molar-refractivity contribution in [3.05, 3.63) is 23.8 Å². The van der Waals surface area contributed by atoms with Crippen molar-refractivity contribution in [1.29, 1.82) is 0 Å². The monoisotopic (exact) mass is 302 g/mol. The summed E-state index contributed by atoms with van der Waals surface area (Å²) in [5, 5.41) is 9.09. The fourth-order valence-corrected chi connectivity index (χ4v) is 2.88. The van der Waals surface area contributed by atoms with Gasteiger partial charge < -0.3 is 15.6 Å². The van der Waals surface area contributed by atoms with Crippen LogP contribution in [0.2, 0.25) is 0 Å². The van der Waals surface area contributed by atoms with E-state index in [1.54, 1.807) is 6.92 Å². The van der Waals surface area contributed by atoms with Gasteiger partial charge in [-0.1, -0.05) is 0 Å². The molecule has 1 aromatic rings. The highest BCUT2D eigenvalue weighted by Crippen LogP contribution is 2.21. The van der Waals surface area contributed by atoms with Crippen LogP contribution in [0.15, 0.2) is 23.1 Å². The van der Waals surface area contributed by atoms with Crippen LogP contribution in [-0.4, -0.2) is 50.6 Å². The first-order valence-corrected chi connectivity index (χ1v) is 7.41. The van der Waals surface area contributed by atoms with E-state index in [0.717, 1.165) is 10.4 Å². The molecular formula is C12H18N2O5S. The molecule has 0 saturated carbocycles. The predicted molar refractivity (Wildman–Crippen MR) is 74.1 cm³/mol. The zero-order chi connectivity index (χ0) is 15.3. The molecule has 0 aliphatic rings. The van der Waals surface area contributed by atoms with Crippen molar-refractivity contribution in [2.24, 2.45) is 0 Å². The fraction of sp³-hybridized carbons (Fsp3) is 0.417. The van der Waals surface area contributed by atoms with E-state index in [0.29, 0.717) is 6.61 Å². The number of ether oxygens (including phenoxy) is 1. The van der Waals surface area contributed by atoms with E-state index < -0.39 is 16.0 Å². The highest BCUT2D eigenvalue weighted by Gasteiger charge is 2.26. The minimum Gasteiger partial charge on any atom is -0.478 e. The summed E-state index contributed by atoms with van der Waals surface area (Å²) in [6, 6.07) is 3.69. The van der Waals surface area contributed by atoms with Crippen LogP contribution in [0.4, 0.5) is 5.69 Å². The van der Waals surface area contributed by atoms with E-state index in [2.05, 4.69) is 0 Å². The Kier molecular flexibility index (Phi) is 5.49. The molecule has 3 N–H and O–H groups in total. The molecule has 20 heavy (non-hydrogen) atoms. The Labute approximate surface area is 118 Å². The number of aromatic carboxylic acids is 1. The van der Waals surface area contributed by atoms with Gasteiger partial charge in [0.15, 0.2) is 0 Å². The number of carboxylic acids is 1. The van der Waals surface area contributed by atoms with Gasteiger partial charge in [-0.25, -0.2) is 13.2 Å². The van der Waals surface area contributed by atoms with E-state index in [4.69, 9.17) is 15.6 Å². The van der Waals surface area contributed by atoms with Gasteiger partial charge in [0.25, 0.3) is 0 Å². The molecule has 0 aromatic heterocycles. The third kappa shape index (κ3) is 3.69. The zero-order valence-corrected chi connectivity index (χ0v) is 12.2. The smallest absolute Gasteiger partial charge is 0.337 e. The van der Waals surface area contributed by atoms with Gasteiger partial charge in [0.05, 0.1) is 17.1 Å². The van der Waals surface area contributed by atoms with Gasteiger partial charge in [-0.05, 0) is 25.1 Å². The lowest BCUT2D eigenvalue weighted by Gasteiger charge is -2.18. The summed E-state index contributed by atoms with van der Waals surface area (Å²) in [5.41, 5.74) is 5.34. The van der Waals surface area contributed by atoms with Crippen LogP contribution in [0.3, 0.4) is 0 Å². The average Bonchev–Trinajstić information content (AvgIpc) is 2.38. The molecule has 0 amide bonds. The van der Waals surface area contributed by atoms with Crippen LogP contribution in [0.5, 0.6) is 0 Å². The van der Waals surface area contributed by atoms with Crippen LogP contribution in [0.1, 0.15) is 17.3 Å². The molecule has 0 saturated heterocycles. The molecule has 0 aliphatic carbocycles. The number of benzene rings is 1. The summed E-state index contributed by atoms with van der Waals surface area (Å²) >= 11 is 0. The SMILES string of the molecule is CCOCCN(C)S(=O)(=O)c1ccc(N)cc1C(=O)O. The van der Waals surface area contributed by atoms with Crippen molar-refractivity contribution in [1.82, 2.24) is 4.31 Å². The van der Waals surface area contributed by atoms with Crippen molar-refractivity contribution < 1.29 is 23.1 Å². The highest BCUT2D eigenvalue weighted by atomic mass is 32.2. The first kappa shape index (κ1) is 16.4. The Morgan fingerprint density at radius 3 is 2.65 bits per heavy atom. The number of carboxylic acid groups (broad SMARTS) is 1. The molecule has 8 heteroatoms. The molecule has 1 rings (SSSR count). The maximum atomic E-state index is 12.3. The third-order valence-electron chi connectivity index (χ3n) is 2.68. The van der Waals surface area contributed by atoms with Gasteiger partial charge in [0.1, 0.15) is 0 Å². The van der Waals surface area contributed by atoms with Crippen LogP contribution in [0, 0.1) is 0 Å². The second-order valence-corrected chi connectivity index (χ2v) is 6.10. The zero-order valence-electron chi connectivity index (χ0n) is 11.4. The van der Waals surface area contributed by atoms with Crippen molar-refractivity contribution in [3.8, 4) is 0 Å². The number of nitrogens with two attached hydrogens (primary N) is 1. The van der Waals surface area contributed by atoms with E-state index in [1.807, 2.05) is 0 Å². The Hall–Kier alpha value is -1.64. The minimum atomic E-state index is -3.89. The Morgan fingerprint density at radius 2 is 2.10 bits per heavy atom. The molecule has 112 valence electrons. The van der Waals surface area contributed by atoms with Crippen LogP contribution in [-0.2, 0) is 14.8 Å². The van der Waals surface area contributed by atoms with Gasteiger partial charge in [-0.2, -0.15) is 4.31 Å². The summed E-state index contributed by atoms with van der Waals surface area (Å²) in [5.74, 6) is -1.34.